The minimum absolute atomic E-state index is 0.0908. The molecule has 124 valence electrons. The van der Waals surface area contributed by atoms with E-state index >= 15 is 0 Å². The number of carboxylic acid groups (broad SMARTS) is 1. The number of likely N-dealkylation sites (tertiary alicyclic amines) is 1. The standard InChI is InChI=1S/C16H19ClN2O4/c1-10(20)18-14(11-2-4-13(17)5-3-11)8-15(21)19-7-6-12(9-19)16(22)23/h2-5,12,14H,6-9H2,1H3,(H,18,20)(H,22,23)/t12-,14+/m0/s1. The summed E-state index contributed by atoms with van der Waals surface area (Å²) in [6.07, 6.45) is 0.556. The van der Waals surface area contributed by atoms with Crippen LogP contribution in [-0.2, 0) is 14.4 Å². The molecule has 2 N–H and O–H groups in total. The van der Waals surface area contributed by atoms with Gasteiger partial charge in [0.1, 0.15) is 0 Å². The molecule has 1 aliphatic heterocycles. The second-order valence-corrected chi connectivity index (χ2v) is 6.11. The molecule has 0 saturated carbocycles. The summed E-state index contributed by atoms with van der Waals surface area (Å²) in [6, 6.07) is 6.47. The van der Waals surface area contributed by atoms with E-state index in [1.165, 1.54) is 6.92 Å². The lowest BCUT2D eigenvalue weighted by atomic mass is 10.0. The highest BCUT2D eigenvalue weighted by Gasteiger charge is 2.32. The molecule has 0 bridgehead atoms. The van der Waals surface area contributed by atoms with Crippen LogP contribution in [0.25, 0.3) is 0 Å². The summed E-state index contributed by atoms with van der Waals surface area (Å²) in [6.45, 7) is 2.05. The first-order chi connectivity index (χ1) is 10.9. The van der Waals surface area contributed by atoms with Gasteiger partial charge in [-0.1, -0.05) is 23.7 Å². The number of amides is 2. The van der Waals surface area contributed by atoms with Gasteiger partial charge in [0.15, 0.2) is 0 Å². The van der Waals surface area contributed by atoms with Crippen LogP contribution < -0.4 is 5.32 Å². The third-order valence-corrected chi connectivity index (χ3v) is 4.17. The van der Waals surface area contributed by atoms with Gasteiger partial charge in [0.25, 0.3) is 0 Å². The zero-order valence-electron chi connectivity index (χ0n) is 12.8. The predicted octanol–water partition coefficient (Wildman–Crippen LogP) is 1.84. The number of nitrogens with one attached hydrogen (secondary N) is 1. The van der Waals surface area contributed by atoms with Gasteiger partial charge < -0.3 is 15.3 Å². The summed E-state index contributed by atoms with van der Waals surface area (Å²) >= 11 is 5.86. The van der Waals surface area contributed by atoms with Gasteiger partial charge in [0, 0.05) is 25.0 Å². The van der Waals surface area contributed by atoms with Gasteiger partial charge in [-0.2, -0.15) is 0 Å². The highest BCUT2D eigenvalue weighted by molar-refractivity contribution is 6.30. The maximum Gasteiger partial charge on any atom is 0.308 e. The van der Waals surface area contributed by atoms with Crippen molar-refractivity contribution < 1.29 is 19.5 Å². The molecule has 23 heavy (non-hydrogen) atoms. The number of halogens is 1. The van der Waals surface area contributed by atoms with Crippen LogP contribution in [0.3, 0.4) is 0 Å². The Labute approximate surface area is 139 Å². The van der Waals surface area contributed by atoms with E-state index in [0.29, 0.717) is 18.0 Å². The van der Waals surface area contributed by atoms with Crippen molar-refractivity contribution in [2.24, 2.45) is 5.92 Å². The molecule has 7 heteroatoms. The van der Waals surface area contributed by atoms with Gasteiger partial charge in [0.2, 0.25) is 11.8 Å². The molecule has 1 saturated heterocycles. The van der Waals surface area contributed by atoms with Crippen LogP contribution in [0.4, 0.5) is 0 Å². The first kappa shape index (κ1) is 17.3. The summed E-state index contributed by atoms with van der Waals surface area (Å²) in [7, 11) is 0. The number of rotatable bonds is 5. The Morgan fingerprint density at radius 3 is 2.52 bits per heavy atom. The van der Waals surface area contributed by atoms with Crippen molar-refractivity contribution in [1.29, 1.82) is 0 Å². The number of nitrogens with zero attached hydrogens (tertiary/aromatic N) is 1. The Bertz CT molecular complexity index is 603. The normalized spacial score (nSPS) is 18.5. The quantitative estimate of drug-likeness (QED) is 0.857. The first-order valence-corrected chi connectivity index (χ1v) is 7.77. The van der Waals surface area contributed by atoms with Crippen LogP contribution in [0.5, 0.6) is 0 Å². The molecular weight excluding hydrogens is 320 g/mol. The van der Waals surface area contributed by atoms with E-state index in [4.69, 9.17) is 16.7 Å². The zero-order chi connectivity index (χ0) is 17.0. The number of aliphatic carboxylic acids is 1. The second-order valence-electron chi connectivity index (χ2n) is 5.67. The molecule has 1 aromatic rings. The molecule has 0 spiro atoms. The van der Waals surface area contributed by atoms with Gasteiger partial charge in [-0.25, -0.2) is 0 Å². The molecule has 0 aromatic heterocycles. The minimum atomic E-state index is -0.878. The van der Waals surface area contributed by atoms with E-state index in [2.05, 4.69) is 5.32 Å². The fourth-order valence-electron chi connectivity index (χ4n) is 2.68. The molecular formula is C16H19ClN2O4. The van der Waals surface area contributed by atoms with Crippen molar-refractivity contribution in [3.05, 3.63) is 34.9 Å². The van der Waals surface area contributed by atoms with Gasteiger partial charge in [-0.3, -0.25) is 14.4 Å². The number of carboxylic acids is 1. The maximum atomic E-state index is 12.4. The lowest BCUT2D eigenvalue weighted by Gasteiger charge is -2.22. The van der Waals surface area contributed by atoms with Gasteiger partial charge in [0.05, 0.1) is 18.4 Å². The van der Waals surface area contributed by atoms with Crippen LogP contribution in [0.1, 0.15) is 31.4 Å². The number of carbonyl (C=O) groups is 3. The van der Waals surface area contributed by atoms with E-state index < -0.39 is 17.9 Å². The van der Waals surface area contributed by atoms with Crippen molar-refractivity contribution >= 4 is 29.4 Å². The second kappa shape index (κ2) is 7.46. The van der Waals surface area contributed by atoms with E-state index in [9.17, 15) is 14.4 Å². The molecule has 0 radical (unpaired) electrons. The molecule has 0 unspecified atom stereocenters. The third kappa shape index (κ3) is 4.69. The van der Waals surface area contributed by atoms with E-state index in [-0.39, 0.29) is 24.8 Å². The Morgan fingerprint density at radius 1 is 1.35 bits per heavy atom. The van der Waals surface area contributed by atoms with Crippen LogP contribution in [-0.4, -0.2) is 40.9 Å². The molecule has 2 rings (SSSR count). The molecule has 1 aromatic carbocycles. The SMILES string of the molecule is CC(=O)N[C@H](CC(=O)N1CC[C@H](C(=O)O)C1)c1ccc(Cl)cc1. The predicted molar refractivity (Wildman–Crippen MR) is 84.9 cm³/mol. The summed E-state index contributed by atoms with van der Waals surface area (Å²) in [4.78, 5) is 36.3. The van der Waals surface area contributed by atoms with Crippen molar-refractivity contribution in [2.45, 2.75) is 25.8 Å². The summed E-state index contributed by atoms with van der Waals surface area (Å²) in [5.74, 6) is -1.78. The number of benzene rings is 1. The van der Waals surface area contributed by atoms with Crippen LogP contribution in [0.2, 0.25) is 5.02 Å². The zero-order valence-corrected chi connectivity index (χ0v) is 13.5. The fraction of sp³-hybridized carbons (Fsp3) is 0.438. The largest absolute Gasteiger partial charge is 0.481 e. The Morgan fingerprint density at radius 2 is 2.00 bits per heavy atom. The summed E-state index contributed by atoms with van der Waals surface area (Å²) < 4.78 is 0. The summed E-state index contributed by atoms with van der Waals surface area (Å²) in [5.41, 5.74) is 0.784. The average molecular weight is 339 g/mol. The van der Waals surface area contributed by atoms with Gasteiger partial charge >= 0.3 is 5.97 Å². The molecule has 2 amide bonds. The van der Waals surface area contributed by atoms with Gasteiger partial charge in [-0.05, 0) is 24.1 Å². The average Bonchev–Trinajstić information content (AvgIpc) is 2.97. The Hall–Kier alpha value is -2.08. The minimum Gasteiger partial charge on any atom is -0.481 e. The Balaban J connectivity index is 2.05. The smallest absolute Gasteiger partial charge is 0.308 e. The summed E-state index contributed by atoms with van der Waals surface area (Å²) in [5, 5.41) is 12.3. The lowest BCUT2D eigenvalue weighted by Crippen LogP contribution is -2.35. The maximum absolute atomic E-state index is 12.4. The van der Waals surface area contributed by atoms with Crippen molar-refractivity contribution in [3.63, 3.8) is 0 Å². The number of hydrogen-bond acceptors (Lipinski definition) is 3. The van der Waals surface area contributed by atoms with E-state index in [0.717, 1.165) is 5.56 Å². The number of carbonyl (C=O) groups excluding carboxylic acids is 2. The Kier molecular flexibility index (Phi) is 5.60. The lowest BCUT2D eigenvalue weighted by molar-refractivity contribution is -0.141. The molecule has 0 aliphatic carbocycles. The van der Waals surface area contributed by atoms with Gasteiger partial charge in [-0.15, -0.1) is 0 Å². The van der Waals surface area contributed by atoms with Crippen molar-refractivity contribution in [2.75, 3.05) is 13.1 Å². The number of hydrogen-bond donors (Lipinski definition) is 2. The molecule has 6 nitrogen and oxygen atoms in total. The fourth-order valence-corrected chi connectivity index (χ4v) is 2.81. The highest BCUT2D eigenvalue weighted by atomic mass is 35.5. The monoisotopic (exact) mass is 338 g/mol. The highest BCUT2D eigenvalue weighted by Crippen LogP contribution is 2.23. The topological polar surface area (TPSA) is 86.7 Å². The van der Waals surface area contributed by atoms with Crippen LogP contribution in [0, 0.1) is 5.92 Å². The van der Waals surface area contributed by atoms with Crippen molar-refractivity contribution in [1.82, 2.24) is 10.2 Å². The van der Waals surface area contributed by atoms with E-state index in [1.54, 1.807) is 29.2 Å². The third-order valence-electron chi connectivity index (χ3n) is 3.92. The molecule has 2 atom stereocenters. The van der Waals surface area contributed by atoms with Crippen LogP contribution in [0.15, 0.2) is 24.3 Å². The van der Waals surface area contributed by atoms with Crippen molar-refractivity contribution in [3.8, 4) is 0 Å². The van der Waals surface area contributed by atoms with Crippen LogP contribution >= 0.6 is 11.6 Å². The van der Waals surface area contributed by atoms with E-state index in [1.807, 2.05) is 0 Å². The molecule has 1 heterocycles. The molecule has 1 fully saturated rings. The molecule has 1 aliphatic rings. The first-order valence-electron chi connectivity index (χ1n) is 7.40.